The van der Waals surface area contributed by atoms with E-state index in [-0.39, 0.29) is 23.9 Å². The summed E-state index contributed by atoms with van der Waals surface area (Å²) in [6.07, 6.45) is 0.613. The van der Waals surface area contributed by atoms with Crippen LogP contribution in [0.25, 0.3) is 0 Å². The summed E-state index contributed by atoms with van der Waals surface area (Å²) in [5, 5.41) is 0. The number of benzene rings is 1. The molecular formula is C13H18O4S. The fraction of sp³-hybridized carbons (Fsp3) is 0.462. The number of hydrogen-bond acceptors (Lipinski definition) is 4. The van der Waals surface area contributed by atoms with Crippen molar-refractivity contribution >= 4 is 15.6 Å². The minimum Gasteiger partial charge on any atom is -0.493 e. The predicted octanol–water partition coefficient (Wildman–Crippen LogP) is 2.09. The summed E-state index contributed by atoms with van der Waals surface area (Å²) in [5.41, 5.74) is 0.559. The molecule has 1 aromatic carbocycles. The first kappa shape index (κ1) is 14.7. The normalized spacial score (nSPS) is 11.2. The molecule has 0 aliphatic heterocycles. The van der Waals surface area contributed by atoms with Gasteiger partial charge in [0.05, 0.1) is 11.5 Å². The Bertz CT molecular complexity index is 505. The molecule has 0 N–H and O–H groups in total. The molecule has 0 fully saturated rings. The van der Waals surface area contributed by atoms with Gasteiger partial charge in [-0.25, -0.2) is 8.42 Å². The van der Waals surface area contributed by atoms with Gasteiger partial charge < -0.3 is 4.74 Å². The topological polar surface area (TPSA) is 60.4 Å². The Morgan fingerprint density at radius 2 is 2.00 bits per heavy atom. The largest absolute Gasteiger partial charge is 0.493 e. The van der Waals surface area contributed by atoms with E-state index in [1.54, 1.807) is 24.3 Å². The van der Waals surface area contributed by atoms with E-state index in [2.05, 4.69) is 0 Å². The Kier molecular flexibility index (Phi) is 5.34. The van der Waals surface area contributed by atoms with Gasteiger partial charge in [0.25, 0.3) is 0 Å². The van der Waals surface area contributed by atoms with Crippen LogP contribution in [0.15, 0.2) is 24.3 Å². The number of hydrogen-bond donors (Lipinski definition) is 0. The average Bonchev–Trinajstić information content (AvgIpc) is 2.29. The lowest BCUT2D eigenvalue weighted by atomic mass is 10.1. The molecule has 5 heteroatoms. The summed E-state index contributed by atoms with van der Waals surface area (Å²) in [5.74, 6) is 0.670. The van der Waals surface area contributed by atoms with Crippen molar-refractivity contribution in [2.24, 2.45) is 0 Å². The summed E-state index contributed by atoms with van der Waals surface area (Å²) in [4.78, 5) is 11.2. The second-order valence-corrected chi connectivity index (χ2v) is 6.39. The van der Waals surface area contributed by atoms with Crippen LogP contribution in [0.4, 0.5) is 0 Å². The van der Waals surface area contributed by atoms with E-state index in [1.165, 1.54) is 6.92 Å². The molecule has 4 nitrogen and oxygen atoms in total. The first-order chi connectivity index (χ1) is 8.44. The van der Waals surface area contributed by atoms with Gasteiger partial charge in [0, 0.05) is 5.56 Å². The van der Waals surface area contributed by atoms with Crippen molar-refractivity contribution in [3.05, 3.63) is 29.8 Å². The molecule has 0 bridgehead atoms. The number of ketones is 1. The van der Waals surface area contributed by atoms with Crippen molar-refractivity contribution in [2.75, 3.05) is 18.1 Å². The van der Waals surface area contributed by atoms with E-state index in [0.29, 0.717) is 17.7 Å². The zero-order valence-electron chi connectivity index (χ0n) is 10.7. The number of carbonyl (C=O) groups excluding carboxylic acids is 1. The molecule has 18 heavy (non-hydrogen) atoms. The molecular weight excluding hydrogens is 252 g/mol. The summed E-state index contributed by atoms with van der Waals surface area (Å²) in [6, 6.07) is 6.74. The standard InChI is InChI=1S/C13H18O4S/c1-3-8-18(15,16)9-7-17-13-6-4-5-12(10-13)11(2)14/h4-6,10H,3,7-9H2,1-2H3. The van der Waals surface area contributed by atoms with Crippen LogP contribution in [0.2, 0.25) is 0 Å². The lowest BCUT2D eigenvalue weighted by molar-refractivity contribution is 0.101. The van der Waals surface area contributed by atoms with Gasteiger partial charge in [0.15, 0.2) is 15.6 Å². The first-order valence-electron chi connectivity index (χ1n) is 5.89. The number of ether oxygens (including phenoxy) is 1. The average molecular weight is 270 g/mol. The van der Waals surface area contributed by atoms with E-state index in [1.807, 2.05) is 6.92 Å². The molecule has 0 radical (unpaired) electrons. The van der Waals surface area contributed by atoms with Gasteiger partial charge in [0.1, 0.15) is 12.4 Å². The summed E-state index contributed by atoms with van der Waals surface area (Å²) >= 11 is 0. The maximum absolute atomic E-state index is 11.5. The van der Waals surface area contributed by atoms with Gasteiger partial charge in [-0.1, -0.05) is 19.1 Å². The Hall–Kier alpha value is -1.36. The maximum atomic E-state index is 11.5. The molecule has 0 aliphatic carbocycles. The van der Waals surface area contributed by atoms with Crippen LogP contribution in [0.5, 0.6) is 5.75 Å². The maximum Gasteiger partial charge on any atom is 0.159 e. The van der Waals surface area contributed by atoms with Crippen LogP contribution in [0, 0.1) is 0 Å². The van der Waals surface area contributed by atoms with Gasteiger partial charge >= 0.3 is 0 Å². The zero-order chi connectivity index (χ0) is 13.6. The zero-order valence-corrected chi connectivity index (χ0v) is 11.5. The monoisotopic (exact) mass is 270 g/mol. The Balaban J connectivity index is 2.54. The van der Waals surface area contributed by atoms with Crippen LogP contribution >= 0.6 is 0 Å². The molecule has 0 aliphatic rings. The molecule has 0 unspecified atom stereocenters. The second-order valence-electron chi connectivity index (χ2n) is 4.08. The van der Waals surface area contributed by atoms with Gasteiger partial charge in [0.2, 0.25) is 0 Å². The molecule has 0 saturated carbocycles. The fourth-order valence-corrected chi connectivity index (χ4v) is 2.67. The first-order valence-corrected chi connectivity index (χ1v) is 7.71. The van der Waals surface area contributed by atoms with Crippen molar-refractivity contribution < 1.29 is 17.9 Å². The minimum absolute atomic E-state index is 0.00510. The SMILES string of the molecule is CCCS(=O)(=O)CCOc1cccc(C(C)=O)c1. The number of Topliss-reactive ketones (excluding diaryl/α,β-unsaturated/α-hetero) is 1. The lowest BCUT2D eigenvalue weighted by Gasteiger charge is -2.07. The summed E-state index contributed by atoms with van der Waals surface area (Å²) in [6.45, 7) is 3.42. The Labute approximate surface area is 108 Å². The quantitative estimate of drug-likeness (QED) is 0.712. The molecule has 1 rings (SSSR count). The third-order valence-corrected chi connectivity index (χ3v) is 4.24. The van der Waals surface area contributed by atoms with E-state index >= 15 is 0 Å². The number of sulfone groups is 1. The van der Waals surface area contributed by atoms with E-state index in [4.69, 9.17) is 4.74 Å². The smallest absolute Gasteiger partial charge is 0.159 e. The van der Waals surface area contributed by atoms with Crippen molar-refractivity contribution in [3.63, 3.8) is 0 Å². The molecule has 0 aromatic heterocycles. The Morgan fingerprint density at radius 3 is 2.61 bits per heavy atom. The van der Waals surface area contributed by atoms with Crippen LogP contribution in [0.1, 0.15) is 30.6 Å². The highest BCUT2D eigenvalue weighted by Gasteiger charge is 2.09. The van der Waals surface area contributed by atoms with E-state index in [9.17, 15) is 13.2 Å². The highest BCUT2D eigenvalue weighted by Crippen LogP contribution is 2.13. The van der Waals surface area contributed by atoms with Crippen molar-refractivity contribution in [3.8, 4) is 5.75 Å². The molecule has 100 valence electrons. The number of rotatable bonds is 7. The third kappa shape index (κ3) is 4.87. The molecule has 1 aromatic rings. The molecule has 0 atom stereocenters. The molecule has 0 saturated heterocycles. The summed E-state index contributed by atoms with van der Waals surface area (Å²) in [7, 11) is -3.02. The molecule has 0 spiro atoms. The van der Waals surface area contributed by atoms with Crippen molar-refractivity contribution in [1.29, 1.82) is 0 Å². The van der Waals surface area contributed by atoms with Crippen molar-refractivity contribution in [2.45, 2.75) is 20.3 Å². The van der Waals surface area contributed by atoms with Gasteiger partial charge in [-0.2, -0.15) is 0 Å². The van der Waals surface area contributed by atoms with Crippen LogP contribution in [-0.2, 0) is 9.84 Å². The van der Waals surface area contributed by atoms with Gasteiger partial charge in [-0.05, 0) is 25.5 Å². The van der Waals surface area contributed by atoms with Crippen LogP contribution in [0.3, 0.4) is 0 Å². The van der Waals surface area contributed by atoms with E-state index < -0.39 is 9.84 Å². The Morgan fingerprint density at radius 1 is 1.28 bits per heavy atom. The number of carbonyl (C=O) groups is 1. The molecule has 0 heterocycles. The highest BCUT2D eigenvalue weighted by atomic mass is 32.2. The fourth-order valence-electron chi connectivity index (χ4n) is 1.50. The second kappa shape index (κ2) is 6.54. The minimum atomic E-state index is -3.02. The van der Waals surface area contributed by atoms with Crippen LogP contribution in [-0.4, -0.2) is 32.3 Å². The highest BCUT2D eigenvalue weighted by molar-refractivity contribution is 7.91. The van der Waals surface area contributed by atoms with Gasteiger partial charge in [-0.3, -0.25) is 4.79 Å². The summed E-state index contributed by atoms with van der Waals surface area (Å²) < 4.78 is 28.3. The van der Waals surface area contributed by atoms with E-state index in [0.717, 1.165) is 0 Å². The van der Waals surface area contributed by atoms with Gasteiger partial charge in [-0.15, -0.1) is 0 Å². The molecule has 0 amide bonds. The van der Waals surface area contributed by atoms with Crippen molar-refractivity contribution in [1.82, 2.24) is 0 Å². The lowest BCUT2D eigenvalue weighted by Crippen LogP contribution is -2.16. The predicted molar refractivity (Wildman–Crippen MR) is 70.9 cm³/mol. The van der Waals surface area contributed by atoms with Crippen LogP contribution < -0.4 is 4.74 Å². The third-order valence-electron chi connectivity index (χ3n) is 2.42.